The number of ether oxygens (including phenoxy) is 3. The van der Waals surface area contributed by atoms with Crippen LogP contribution in [0.5, 0.6) is 17.8 Å². The first-order valence-corrected chi connectivity index (χ1v) is 20.2. The van der Waals surface area contributed by atoms with E-state index >= 15 is 0 Å². The van der Waals surface area contributed by atoms with Gasteiger partial charge in [0.15, 0.2) is 0 Å². The minimum absolute atomic E-state index is 0.162. The molecule has 16 heteroatoms. The lowest BCUT2D eigenvalue weighted by molar-refractivity contribution is -0.142. The van der Waals surface area contributed by atoms with Gasteiger partial charge in [-0.2, -0.15) is 4.98 Å². The highest BCUT2D eigenvalue weighted by molar-refractivity contribution is 5.98. The Labute approximate surface area is 366 Å². The van der Waals surface area contributed by atoms with E-state index < -0.39 is 59.6 Å². The fraction of sp³-hybridized carbons (Fsp3) is 0.229. The van der Waals surface area contributed by atoms with Gasteiger partial charge in [0, 0.05) is 40.2 Å². The van der Waals surface area contributed by atoms with E-state index in [0.717, 1.165) is 11.1 Å². The molecule has 4 aromatic carbocycles. The second kappa shape index (κ2) is 19.5. The monoisotopic (exact) mass is 871 g/mol. The van der Waals surface area contributed by atoms with Gasteiger partial charge in [-0.1, -0.05) is 60.7 Å². The molecule has 0 spiro atoms. The highest BCUT2D eigenvalue weighted by Crippen LogP contribution is 2.40. The number of carboxylic acid groups (broad SMARTS) is 2. The van der Waals surface area contributed by atoms with Gasteiger partial charge in [0.1, 0.15) is 23.7 Å². The SMILES string of the molecule is COc1ncc(-c2ccc(C(=O)N3[C@@H](c4ccccc4F)CC[C@H]3C(=O)O)cc2)c(OC)n1.COc1ncccc1-c1ccc(C(=O)N2[C@@H](c3ccccc3F)CC[C@H]2C(=O)O)cc1. The zero-order valence-corrected chi connectivity index (χ0v) is 34.9. The average Bonchev–Trinajstić information content (AvgIpc) is 3.98. The Morgan fingerprint density at radius 2 is 1.03 bits per heavy atom. The van der Waals surface area contributed by atoms with Gasteiger partial charge >= 0.3 is 17.9 Å². The van der Waals surface area contributed by atoms with Crippen molar-refractivity contribution in [1.82, 2.24) is 24.8 Å². The van der Waals surface area contributed by atoms with Crippen LogP contribution in [0.15, 0.2) is 122 Å². The van der Waals surface area contributed by atoms with Crippen LogP contribution < -0.4 is 14.2 Å². The van der Waals surface area contributed by atoms with Crippen LogP contribution >= 0.6 is 0 Å². The number of aromatic nitrogens is 3. The van der Waals surface area contributed by atoms with Crippen LogP contribution in [0.3, 0.4) is 0 Å². The van der Waals surface area contributed by atoms with Crippen LogP contribution in [0.1, 0.15) is 69.6 Å². The summed E-state index contributed by atoms with van der Waals surface area (Å²) in [5.74, 6) is -3.26. The smallest absolute Gasteiger partial charge is 0.326 e. The molecule has 14 nitrogen and oxygen atoms in total. The second-order valence-corrected chi connectivity index (χ2v) is 14.9. The van der Waals surface area contributed by atoms with Crippen LogP contribution in [0.2, 0.25) is 0 Å². The van der Waals surface area contributed by atoms with Crippen molar-refractivity contribution in [2.24, 2.45) is 0 Å². The van der Waals surface area contributed by atoms with Crippen molar-refractivity contribution in [3.8, 4) is 40.0 Å². The standard InChI is InChI=1S/C24H22FN3O5.C24H21FN2O4/c1-32-21-17(13-26-24(27-21)33-2)14-7-9-15(10-8-14)22(29)28-19(11-12-20(28)23(30)31)16-5-3-4-6-18(16)25;1-31-22-17(6-4-14-26-22)15-8-10-16(11-9-15)23(28)27-20(12-13-21(27)24(29)30)18-5-2-3-7-19(18)25/h3-10,13,19-20H,11-12H2,1-2H3,(H,30,31);2-11,14,20-21H,12-13H2,1H3,(H,29,30)/t19-,20+;20-,21+/m11/s1. The fourth-order valence-electron chi connectivity index (χ4n) is 8.23. The largest absolute Gasteiger partial charge is 0.481 e. The molecule has 4 heterocycles. The predicted octanol–water partition coefficient (Wildman–Crippen LogP) is 8.06. The first kappa shape index (κ1) is 44.3. The number of halogens is 2. The van der Waals surface area contributed by atoms with Crippen LogP contribution in [-0.2, 0) is 9.59 Å². The van der Waals surface area contributed by atoms with E-state index in [-0.39, 0.29) is 18.9 Å². The summed E-state index contributed by atoms with van der Waals surface area (Å²) in [6, 6.07) is 26.2. The number of methoxy groups -OCH3 is 3. The predicted molar refractivity (Wildman–Crippen MR) is 229 cm³/mol. The van der Waals surface area contributed by atoms with E-state index in [1.54, 1.807) is 103 Å². The topological polar surface area (TPSA) is 182 Å². The summed E-state index contributed by atoms with van der Waals surface area (Å²) >= 11 is 0. The minimum Gasteiger partial charge on any atom is -0.481 e. The molecular formula is C48H43F2N5O9. The van der Waals surface area contributed by atoms with E-state index in [9.17, 15) is 38.2 Å². The molecule has 0 unspecified atom stereocenters. The third-order valence-corrected chi connectivity index (χ3v) is 11.3. The molecule has 6 aromatic rings. The molecule has 2 saturated heterocycles. The van der Waals surface area contributed by atoms with Gasteiger partial charge < -0.3 is 34.2 Å². The minimum atomic E-state index is -1.11. The molecule has 2 N–H and O–H groups in total. The van der Waals surface area contributed by atoms with Crippen molar-refractivity contribution in [2.75, 3.05) is 21.3 Å². The quantitative estimate of drug-likeness (QED) is 0.128. The summed E-state index contributed by atoms with van der Waals surface area (Å²) < 4.78 is 44.5. The third kappa shape index (κ3) is 9.07. The summed E-state index contributed by atoms with van der Waals surface area (Å²) in [5, 5.41) is 19.3. The van der Waals surface area contributed by atoms with E-state index in [2.05, 4.69) is 15.0 Å². The summed E-state index contributed by atoms with van der Waals surface area (Å²) in [6.07, 6.45) is 4.44. The molecule has 8 rings (SSSR count). The zero-order valence-electron chi connectivity index (χ0n) is 34.9. The number of carbonyl (C=O) groups excluding carboxylic acids is 2. The molecule has 328 valence electrons. The molecular weight excluding hydrogens is 829 g/mol. The summed E-state index contributed by atoms with van der Waals surface area (Å²) in [7, 11) is 4.46. The van der Waals surface area contributed by atoms with Crippen molar-refractivity contribution < 1.29 is 52.4 Å². The Morgan fingerprint density at radius 3 is 1.47 bits per heavy atom. The molecule has 0 bridgehead atoms. The second-order valence-electron chi connectivity index (χ2n) is 14.9. The summed E-state index contributed by atoms with van der Waals surface area (Å²) in [6.45, 7) is 0. The number of aliphatic carboxylic acids is 2. The molecule has 4 atom stereocenters. The lowest BCUT2D eigenvalue weighted by atomic mass is 10.0. The Morgan fingerprint density at radius 1 is 0.562 bits per heavy atom. The van der Waals surface area contributed by atoms with Gasteiger partial charge in [-0.25, -0.2) is 28.3 Å². The molecule has 0 aliphatic carbocycles. The van der Waals surface area contributed by atoms with Crippen LogP contribution in [0.4, 0.5) is 8.78 Å². The first-order chi connectivity index (χ1) is 30.9. The van der Waals surface area contributed by atoms with Crippen molar-refractivity contribution >= 4 is 23.8 Å². The van der Waals surface area contributed by atoms with Crippen LogP contribution in [-0.4, -0.2) is 92.1 Å². The molecule has 0 saturated carbocycles. The number of nitrogens with zero attached hydrogens (tertiary/aromatic N) is 5. The van der Waals surface area contributed by atoms with E-state index in [1.807, 2.05) is 6.07 Å². The Balaban J connectivity index is 0.000000192. The number of rotatable bonds is 11. The lowest BCUT2D eigenvalue weighted by Crippen LogP contribution is -2.42. The van der Waals surface area contributed by atoms with Crippen molar-refractivity contribution in [1.29, 1.82) is 0 Å². The Kier molecular flexibility index (Phi) is 13.5. The summed E-state index contributed by atoms with van der Waals surface area (Å²) in [4.78, 5) is 65.4. The molecule has 64 heavy (non-hydrogen) atoms. The lowest BCUT2D eigenvalue weighted by Gasteiger charge is -2.29. The molecule has 2 aliphatic rings. The molecule has 2 amide bonds. The Bertz CT molecular complexity index is 2670. The molecule has 2 aliphatic heterocycles. The van der Waals surface area contributed by atoms with Crippen LogP contribution in [0, 0.1) is 11.6 Å². The maximum Gasteiger partial charge on any atom is 0.326 e. The normalized spacial score (nSPS) is 17.8. The average molecular weight is 872 g/mol. The zero-order chi connectivity index (χ0) is 45.5. The number of benzene rings is 4. The summed E-state index contributed by atoms with van der Waals surface area (Å²) in [5.41, 5.74) is 4.16. The van der Waals surface area contributed by atoms with Gasteiger partial charge in [0.25, 0.3) is 11.8 Å². The van der Waals surface area contributed by atoms with E-state index in [1.165, 1.54) is 43.3 Å². The number of pyridine rings is 1. The van der Waals surface area contributed by atoms with E-state index in [4.69, 9.17) is 14.2 Å². The van der Waals surface area contributed by atoms with Gasteiger partial charge in [0.2, 0.25) is 11.8 Å². The van der Waals surface area contributed by atoms with Gasteiger partial charge in [-0.3, -0.25) is 9.59 Å². The van der Waals surface area contributed by atoms with Crippen LogP contribution in [0.25, 0.3) is 22.3 Å². The fourth-order valence-corrected chi connectivity index (χ4v) is 8.23. The highest BCUT2D eigenvalue weighted by Gasteiger charge is 2.44. The number of carboxylic acids is 2. The van der Waals surface area contributed by atoms with Gasteiger partial charge in [-0.15, -0.1) is 0 Å². The van der Waals surface area contributed by atoms with Crippen molar-refractivity contribution in [3.63, 3.8) is 0 Å². The highest BCUT2D eigenvalue weighted by atomic mass is 19.1. The maximum atomic E-state index is 14.5. The van der Waals surface area contributed by atoms with Gasteiger partial charge in [0.05, 0.1) is 39.0 Å². The maximum absolute atomic E-state index is 14.5. The molecule has 2 fully saturated rings. The number of amides is 2. The Hall–Kier alpha value is -7.75. The number of likely N-dealkylation sites (tertiary alicyclic amines) is 2. The molecule has 0 radical (unpaired) electrons. The van der Waals surface area contributed by atoms with Crippen molar-refractivity contribution in [3.05, 3.63) is 155 Å². The first-order valence-electron chi connectivity index (χ1n) is 20.2. The van der Waals surface area contributed by atoms with Crippen molar-refractivity contribution in [2.45, 2.75) is 49.9 Å². The number of hydrogen-bond donors (Lipinski definition) is 2. The molecule has 2 aromatic heterocycles. The number of hydrogen-bond acceptors (Lipinski definition) is 10. The van der Waals surface area contributed by atoms with E-state index in [0.29, 0.717) is 58.0 Å². The third-order valence-electron chi connectivity index (χ3n) is 11.3. The number of carbonyl (C=O) groups is 4. The van der Waals surface area contributed by atoms with Gasteiger partial charge in [-0.05, 0) is 85.3 Å².